The van der Waals surface area contributed by atoms with Crippen LogP contribution in [-0.2, 0) is 13.1 Å². The number of hydrogen-bond acceptors (Lipinski definition) is 4. The molecule has 2 aromatic heterocycles. The smallest absolute Gasteiger partial charge is 0.197 e. The molecule has 1 aliphatic rings. The lowest BCUT2D eigenvalue weighted by Gasteiger charge is -2.28. The number of halogens is 1. The Labute approximate surface area is 175 Å². The van der Waals surface area contributed by atoms with Crippen molar-refractivity contribution in [3.63, 3.8) is 0 Å². The molecule has 5 nitrogen and oxygen atoms in total. The third kappa shape index (κ3) is 5.17. The zero-order valence-electron chi connectivity index (χ0n) is 16.5. The van der Waals surface area contributed by atoms with Gasteiger partial charge in [0, 0.05) is 49.2 Å². The number of aromatic nitrogens is 2. The van der Waals surface area contributed by atoms with E-state index in [0.717, 1.165) is 38.9 Å². The fourth-order valence-corrected chi connectivity index (χ4v) is 4.18. The molecular formula is C23H26ClN3O2. The molecule has 0 spiro atoms. The summed E-state index contributed by atoms with van der Waals surface area (Å²) in [6.07, 6.45) is 16.3. The maximum atomic E-state index is 13.0. The first kappa shape index (κ1) is 19.9. The molecule has 0 aliphatic heterocycles. The highest BCUT2D eigenvalue weighted by atomic mass is 35.5. The Hall–Kier alpha value is -2.37. The Bertz CT molecular complexity index is 1030. The number of aryl methyl sites for hydroxylation is 1. The van der Waals surface area contributed by atoms with Crippen LogP contribution in [0.15, 0.2) is 64.5 Å². The number of benzene rings is 1. The molecule has 3 aromatic rings. The second kappa shape index (κ2) is 9.42. The van der Waals surface area contributed by atoms with E-state index in [1.807, 2.05) is 12.5 Å². The van der Waals surface area contributed by atoms with Gasteiger partial charge in [0.25, 0.3) is 0 Å². The van der Waals surface area contributed by atoms with E-state index >= 15 is 0 Å². The minimum Gasteiger partial charge on any atom is -0.464 e. The van der Waals surface area contributed by atoms with Gasteiger partial charge in [-0.05, 0) is 49.8 Å². The summed E-state index contributed by atoms with van der Waals surface area (Å²) in [4.78, 5) is 19.5. The summed E-state index contributed by atoms with van der Waals surface area (Å²) in [5, 5.41) is 1.10. The van der Waals surface area contributed by atoms with Gasteiger partial charge in [0.15, 0.2) is 5.43 Å². The van der Waals surface area contributed by atoms with Crippen molar-refractivity contribution in [2.75, 3.05) is 13.1 Å². The number of hydrogen-bond donors (Lipinski definition) is 0. The van der Waals surface area contributed by atoms with Crippen molar-refractivity contribution in [1.29, 1.82) is 0 Å². The normalized spacial score (nSPS) is 16.7. The van der Waals surface area contributed by atoms with Gasteiger partial charge in [-0.15, -0.1) is 0 Å². The third-order valence-corrected chi connectivity index (χ3v) is 5.78. The van der Waals surface area contributed by atoms with E-state index in [0.29, 0.717) is 34.0 Å². The minimum absolute atomic E-state index is 0.0110. The van der Waals surface area contributed by atoms with Crippen LogP contribution in [0.4, 0.5) is 0 Å². The van der Waals surface area contributed by atoms with Crippen molar-refractivity contribution < 1.29 is 4.42 Å². The molecule has 0 radical (unpaired) electrons. The first-order valence-corrected chi connectivity index (χ1v) is 10.6. The molecular weight excluding hydrogens is 386 g/mol. The third-order valence-electron chi connectivity index (χ3n) is 5.54. The van der Waals surface area contributed by atoms with Crippen molar-refractivity contribution in [3.8, 4) is 0 Å². The highest BCUT2D eigenvalue weighted by Crippen LogP contribution is 2.21. The van der Waals surface area contributed by atoms with E-state index in [1.165, 1.54) is 6.42 Å². The first-order valence-electron chi connectivity index (χ1n) is 10.2. The number of allylic oxidation sites excluding steroid dienone is 2. The van der Waals surface area contributed by atoms with Gasteiger partial charge in [0.1, 0.15) is 5.58 Å². The molecule has 0 bridgehead atoms. The summed E-state index contributed by atoms with van der Waals surface area (Å²) in [6.45, 7) is 3.42. The number of nitrogens with zero attached hydrogens (tertiary/aromatic N) is 3. The molecule has 1 aliphatic carbocycles. The van der Waals surface area contributed by atoms with Crippen molar-refractivity contribution in [1.82, 2.24) is 14.5 Å². The van der Waals surface area contributed by atoms with Gasteiger partial charge >= 0.3 is 0 Å². The Kier molecular flexibility index (Phi) is 6.47. The van der Waals surface area contributed by atoms with Crippen LogP contribution in [0.1, 0.15) is 31.2 Å². The van der Waals surface area contributed by atoms with Crippen LogP contribution in [0.2, 0.25) is 5.02 Å². The van der Waals surface area contributed by atoms with Crippen molar-refractivity contribution in [2.24, 2.45) is 5.92 Å². The Morgan fingerprint density at radius 2 is 2.24 bits per heavy atom. The molecule has 0 saturated carbocycles. The Morgan fingerprint density at radius 1 is 1.31 bits per heavy atom. The summed E-state index contributed by atoms with van der Waals surface area (Å²) in [7, 11) is 0. The summed E-state index contributed by atoms with van der Waals surface area (Å²) >= 11 is 6.09. The van der Waals surface area contributed by atoms with E-state index < -0.39 is 0 Å². The maximum absolute atomic E-state index is 13.0. The van der Waals surface area contributed by atoms with Crippen molar-refractivity contribution in [3.05, 3.63) is 76.1 Å². The number of rotatable bonds is 8. The predicted octanol–water partition coefficient (Wildman–Crippen LogP) is 4.89. The van der Waals surface area contributed by atoms with E-state index in [9.17, 15) is 4.79 Å². The molecule has 4 rings (SSSR count). The van der Waals surface area contributed by atoms with E-state index in [1.54, 1.807) is 30.7 Å². The largest absolute Gasteiger partial charge is 0.464 e. The molecule has 0 amide bonds. The van der Waals surface area contributed by atoms with Gasteiger partial charge in [-0.3, -0.25) is 9.69 Å². The van der Waals surface area contributed by atoms with Crippen LogP contribution < -0.4 is 5.43 Å². The summed E-state index contributed by atoms with van der Waals surface area (Å²) in [5.41, 5.74) is 1.28. The lowest BCUT2D eigenvalue weighted by atomic mass is 9.93. The lowest BCUT2D eigenvalue weighted by Crippen LogP contribution is -2.32. The molecule has 6 heteroatoms. The van der Waals surface area contributed by atoms with Gasteiger partial charge in [-0.25, -0.2) is 4.98 Å². The van der Waals surface area contributed by atoms with E-state index in [4.69, 9.17) is 16.0 Å². The molecule has 0 N–H and O–H groups in total. The minimum atomic E-state index is 0.0110. The van der Waals surface area contributed by atoms with Crippen LogP contribution in [0, 0.1) is 5.92 Å². The molecule has 2 heterocycles. The fraction of sp³-hybridized carbons (Fsp3) is 0.391. The van der Waals surface area contributed by atoms with E-state index in [-0.39, 0.29) is 5.43 Å². The van der Waals surface area contributed by atoms with Gasteiger partial charge in [-0.1, -0.05) is 23.8 Å². The van der Waals surface area contributed by atoms with Crippen LogP contribution in [0.3, 0.4) is 0 Å². The standard InChI is InChI=1S/C23H26ClN3O2/c24-20-7-8-22-21(13-20)23(28)19(16-29-22)15-27(14-18-5-2-1-3-6-18)11-4-10-26-12-9-25-17-26/h1-2,7-9,12-13,16-18H,3-6,10-11,14-15H2. The van der Waals surface area contributed by atoms with Gasteiger partial charge < -0.3 is 8.98 Å². The fourth-order valence-electron chi connectivity index (χ4n) is 4.01. The van der Waals surface area contributed by atoms with Crippen LogP contribution in [-0.4, -0.2) is 27.5 Å². The summed E-state index contributed by atoms with van der Waals surface area (Å²) in [6, 6.07) is 5.19. The van der Waals surface area contributed by atoms with Gasteiger partial charge in [0.2, 0.25) is 0 Å². The second-order valence-electron chi connectivity index (χ2n) is 7.77. The molecule has 1 atom stereocenters. The molecule has 1 aromatic carbocycles. The lowest BCUT2D eigenvalue weighted by molar-refractivity contribution is 0.208. The van der Waals surface area contributed by atoms with Gasteiger partial charge in [-0.2, -0.15) is 0 Å². The highest BCUT2D eigenvalue weighted by Gasteiger charge is 2.17. The average Bonchev–Trinajstić information content (AvgIpc) is 3.25. The van der Waals surface area contributed by atoms with Crippen molar-refractivity contribution in [2.45, 2.75) is 38.8 Å². The molecule has 0 saturated heterocycles. The molecule has 152 valence electrons. The average molecular weight is 412 g/mol. The molecule has 1 unspecified atom stereocenters. The van der Waals surface area contributed by atoms with Crippen LogP contribution in [0.25, 0.3) is 11.0 Å². The predicted molar refractivity (Wildman–Crippen MR) is 116 cm³/mol. The SMILES string of the molecule is O=c1c(CN(CCCn2ccnc2)CC2CC=CCC2)coc2ccc(Cl)cc12. The topological polar surface area (TPSA) is 51.3 Å². The quantitative estimate of drug-likeness (QED) is 0.495. The monoisotopic (exact) mass is 411 g/mol. The highest BCUT2D eigenvalue weighted by molar-refractivity contribution is 6.31. The second-order valence-corrected chi connectivity index (χ2v) is 8.21. The zero-order valence-corrected chi connectivity index (χ0v) is 17.2. The van der Waals surface area contributed by atoms with Gasteiger partial charge in [0.05, 0.1) is 18.0 Å². The van der Waals surface area contributed by atoms with Crippen LogP contribution in [0.5, 0.6) is 0 Å². The maximum Gasteiger partial charge on any atom is 0.197 e. The Balaban J connectivity index is 1.50. The molecule has 29 heavy (non-hydrogen) atoms. The van der Waals surface area contributed by atoms with Crippen molar-refractivity contribution >= 4 is 22.6 Å². The summed E-state index contributed by atoms with van der Waals surface area (Å²) in [5.74, 6) is 0.634. The van der Waals surface area contributed by atoms with E-state index in [2.05, 4.69) is 26.6 Å². The number of imidazole rings is 1. The first-order chi connectivity index (χ1) is 14.2. The summed E-state index contributed by atoms with van der Waals surface area (Å²) < 4.78 is 7.82. The molecule has 0 fully saturated rings. The zero-order chi connectivity index (χ0) is 20.1. The Morgan fingerprint density at radius 3 is 3.03 bits per heavy atom. The van der Waals surface area contributed by atoms with Crippen LogP contribution >= 0.6 is 11.6 Å². The number of fused-ring (bicyclic) bond motifs is 1.